The molecule has 2 aliphatic heterocycles. The summed E-state index contributed by atoms with van der Waals surface area (Å²) >= 11 is 0. The Morgan fingerprint density at radius 2 is 1.92 bits per heavy atom. The Labute approximate surface area is 156 Å². The van der Waals surface area contributed by atoms with E-state index in [0.717, 1.165) is 45.1 Å². The van der Waals surface area contributed by atoms with Gasteiger partial charge in [-0.25, -0.2) is 0 Å². The predicted molar refractivity (Wildman–Crippen MR) is 102 cm³/mol. The number of nitrogens with one attached hydrogen (secondary N) is 1. The quantitative estimate of drug-likeness (QED) is 0.913. The molecule has 2 aromatic rings. The SMILES string of the molecule is Cc1ccc(CN2CCC(c3nnc4n3CCNC4)CC2)c(C)c1.Cl. The Bertz CT molecular complexity index is 719. The molecular weight excluding hydrogens is 334 g/mol. The van der Waals surface area contributed by atoms with E-state index in [1.54, 1.807) is 0 Å². The predicted octanol–water partition coefficient (Wildman–Crippen LogP) is 2.80. The number of aryl methyl sites for hydroxylation is 2. The van der Waals surface area contributed by atoms with Crippen molar-refractivity contribution in [3.05, 3.63) is 46.5 Å². The van der Waals surface area contributed by atoms with Crippen molar-refractivity contribution in [2.45, 2.75) is 52.2 Å². The summed E-state index contributed by atoms with van der Waals surface area (Å²) in [4.78, 5) is 2.59. The maximum absolute atomic E-state index is 4.51. The van der Waals surface area contributed by atoms with Crippen LogP contribution in [0.15, 0.2) is 18.2 Å². The normalized spacial score (nSPS) is 18.6. The Morgan fingerprint density at radius 3 is 2.68 bits per heavy atom. The van der Waals surface area contributed by atoms with Crippen molar-refractivity contribution in [1.82, 2.24) is 25.0 Å². The van der Waals surface area contributed by atoms with Crippen molar-refractivity contribution >= 4 is 12.4 Å². The van der Waals surface area contributed by atoms with E-state index in [4.69, 9.17) is 0 Å². The van der Waals surface area contributed by atoms with E-state index in [-0.39, 0.29) is 12.4 Å². The minimum Gasteiger partial charge on any atom is -0.312 e. The lowest BCUT2D eigenvalue weighted by molar-refractivity contribution is 0.199. The standard InChI is InChI=1S/C19H27N5.ClH/c1-14-3-4-17(15(2)11-14)13-23-8-5-16(6-9-23)19-22-21-18-12-20-7-10-24(18)19;/h3-4,11,16,20H,5-10,12-13H2,1-2H3;1H. The van der Waals surface area contributed by atoms with Crippen molar-refractivity contribution < 1.29 is 0 Å². The van der Waals surface area contributed by atoms with E-state index in [1.807, 2.05) is 0 Å². The zero-order chi connectivity index (χ0) is 16.5. The van der Waals surface area contributed by atoms with Crippen LogP contribution in [0.25, 0.3) is 0 Å². The number of piperidine rings is 1. The highest BCUT2D eigenvalue weighted by Gasteiger charge is 2.27. The summed E-state index contributed by atoms with van der Waals surface area (Å²) in [7, 11) is 0. The van der Waals surface area contributed by atoms with Gasteiger partial charge in [0, 0.05) is 25.6 Å². The zero-order valence-electron chi connectivity index (χ0n) is 15.2. The lowest BCUT2D eigenvalue weighted by Crippen LogP contribution is -2.34. The van der Waals surface area contributed by atoms with E-state index in [9.17, 15) is 0 Å². The van der Waals surface area contributed by atoms with Gasteiger partial charge in [-0.3, -0.25) is 4.90 Å². The largest absolute Gasteiger partial charge is 0.312 e. The lowest BCUT2D eigenvalue weighted by atomic mass is 9.95. The Morgan fingerprint density at radius 1 is 1.12 bits per heavy atom. The smallest absolute Gasteiger partial charge is 0.147 e. The third kappa shape index (κ3) is 3.89. The second-order valence-corrected chi connectivity index (χ2v) is 7.28. The molecule has 1 saturated heterocycles. The molecule has 6 heteroatoms. The summed E-state index contributed by atoms with van der Waals surface area (Å²) in [6.07, 6.45) is 2.38. The van der Waals surface area contributed by atoms with Gasteiger partial charge in [0.1, 0.15) is 11.6 Å². The van der Waals surface area contributed by atoms with Gasteiger partial charge < -0.3 is 9.88 Å². The van der Waals surface area contributed by atoms with Crippen LogP contribution in [-0.4, -0.2) is 39.3 Å². The highest BCUT2D eigenvalue weighted by Crippen LogP contribution is 2.28. The number of nitrogens with zero attached hydrogens (tertiary/aromatic N) is 4. The molecule has 1 N–H and O–H groups in total. The maximum atomic E-state index is 4.51. The van der Waals surface area contributed by atoms with Crippen LogP contribution in [0.2, 0.25) is 0 Å². The van der Waals surface area contributed by atoms with Gasteiger partial charge >= 0.3 is 0 Å². The van der Waals surface area contributed by atoms with Crippen LogP contribution in [0.5, 0.6) is 0 Å². The van der Waals surface area contributed by atoms with Crippen molar-refractivity contribution in [3.63, 3.8) is 0 Å². The number of benzene rings is 1. The third-order valence-electron chi connectivity index (χ3n) is 5.50. The number of likely N-dealkylation sites (tertiary alicyclic amines) is 1. The second kappa shape index (κ2) is 7.85. The van der Waals surface area contributed by atoms with Crippen LogP contribution < -0.4 is 5.32 Å². The lowest BCUT2D eigenvalue weighted by Gasteiger charge is -2.32. The molecule has 0 aliphatic carbocycles. The van der Waals surface area contributed by atoms with Crippen molar-refractivity contribution in [2.24, 2.45) is 0 Å². The first-order chi connectivity index (χ1) is 11.7. The van der Waals surface area contributed by atoms with Crippen LogP contribution in [0.3, 0.4) is 0 Å². The highest BCUT2D eigenvalue weighted by molar-refractivity contribution is 5.85. The summed E-state index contributed by atoms with van der Waals surface area (Å²) in [6.45, 7) is 10.7. The van der Waals surface area contributed by atoms with Crippen LogP contribution in [-0.2, 0) is 19.6 Å². The first-order valence-corrected chi connectivity index (χ1v) is 9.12. The number of halogens is 1. The second-order valence-electron chi connectivity index (χ2n) is 7.28. The fourth-order valence-electron chi connectivity index (χ4n) is 4.03. The van der Waals surface area contributed by atoms with Gasteiger partial charge in [0.05, 0.1) is 6.54 Å². The molecule has 1 aromatic carbocycles. The minimum atomic E-state index is 0. The van der Waals surface area contributed by atoms with E-state index in [2.05, 4.69) is 57.0 Å². The molecule has 2 aliphatic rings. The third-order valence-corrected chi connectivity index (χ3v) is 5.50. The van der Waals surface area contributed by atoms with Crippen LogP contribution in [0.4, 0.5) is 0 Å². The Balaban J connectivity index is 0.00000182. The number of aromatic nitrogens is 3. The summed E-state index contributed by atoms with van der Waals surface area (Å²) < 4.78 is 2.35. The first-order valence-electron chi connectivity index (χ1n) is 9.12. The topological polar surface area (TPSA) is 46.0 Å². The van der Waals surface area contributed by atoms with Gasteiger partial charge in [-0.2, -0.15) is 0 Å². The van der Waals surface area contributed by atoms with Gasteiger partial charge in [-0.1, -0.05) is 23.8 Å². The summed E-state index contributed by atoms with van der Waals surface area (Å²) in [6, 6.07) is 6.81. The van der Waals surface area contributed by atoms with E-state index < -0.39 is 0 Å². The molecule has 1 fully saturated rings. The molecule has 0 amide bonds. The van der Waals surface area contributed by atoms with Crippen LogP contribution >= 0.6 is 12.4 Å². The molecule has 0 saturated carbocycles. The molecule has 0 spiro atoms. The van der Waals surface area contributed by atoms with E-state index >= 15 is 0 Å². The summed E-state index contributed by atoms with van der Waals surface area (Å²) in [5, 5.41) is 12.3. The summed E-state index contributed by atoms with van der Waals surface area (Å²) in [5.41, 5.74) is 4.22. The number of hydrogen-bond acceptors (Lipinski definition) is 4. The van der Waals surface area contributed by atoms with E-state index in [0.29, 0.717) is 5.92 Å². The molecular formula is C19H28ClN5. The molecule has 0 bridgehead atoms. The summed E-state index contributed by atoms with van der Waals surface area (Å²) in [5.74, 6) is 2.89. The molecule has 136 valence electrons. The maximum Gasteiger partial charge on any atom is 0.147 e. The van der Waals surface area contributed by atoms with Gasteiger partial charge in [-0.05, 0) is 50.9 Å². The fraction of sp³-hybridized carbons (Fsp3) is 0.579. The first kappa shape index (κ1) is 18.4. The van der Waals surface area contributed by atoms with Crippen molar-refractivity contribution in [1.29, 1.82) is 0 Å². The molecule has 4 rings (SSSR count). The van der Waals surface area contributed by atoms with Gasteiger partial charge in [0.25, 0.3) is 0 Å². The molecule has 25 heavy (non-hydrogen) atoms. The number of rotatable bonds is 3. The number of hydrogen-bond donors (Lipinski definition) is 1. The van der Waals surface area contributed by atoms with Gasteiger partial charge in [-0.15, -0.1) is 22.6 Å². The molecule has 0 unspecified atom stereocenters. The zero-order valence-corrected chi connectivity index (χ0v) is 16.0. The molecule has 1 aromatic heterocycles. The molecule has 0 radical (unpaired) electrons. The van der Waals surface area contributed by atoms with Gasteiger partial charge in [0.15, 0.2) is 0 Å². The highest BCUT2D eigenvalue weighted by atomic mass is 35.5. The minimum absolute atomic E-state index is 0. The molecule has 5 nitrogen and oxygen atoms in total. The van der Waals surface area contributed by atoms with Crippen molar-refractivity contribution in [3.8, 4) is 0 Å². The Hall–Kier alpha value is -1.43. The fourth-order valence-corrected chi connectivity index (χ4v) is 4.03. The molecule has 0 atom stereocenters. The van der Waals surface area contributed by atoms with Crippen molar-refractivity contribution in [2.75, 3.05) is 19.6 Å². The van der Waals surface area contributed by atoms with Crippen LogP contribution in [0.1, 0.15) is 47.1 Å². The molecule has 3 heterocycles. The number of fused-ring (bicyclic) bond motifs is 1. The van der Waals surface area contributed by atoms with E-state index in [1.165, 1.54) is 35.4 Å². The monoisotopic (exact) mass is 361 g/mol. The van der Waals surface area contributed by atoms with Gasteiger partial charge in [0.2, 0.25) is 0 Å². The average Bonchev–Trinajstić information content (AvgIpc) is 3.02. The average molecular weight is 362 g/mol. The Kier molecular flexibility index (Phi) is 5.77. The van der Waals surface area contributed by atoms with Crippen LogP contribution in [0, 0.1) is 13.8 Å².